The number of para-hydroxylation sites is 1. The predicted molar refractivity (Wildman–Crippen MR) is 137 cm³/mol. The van der Waals surface area contributed by atoms with E-state index in [-0.39, 0.29) is 6.02 Å². The summed E-state index contributed by atoms with van der Waals surface area (Å²) in [5.74, 6) is 1.38. The molecule has 2 aromatic rings. The second-order valence-electron chi connectivity index (χ2n) is 8.64. The largest absolute Gasteiger partial charge is 0.492 e. The molecule has 1 saturated heterocycles. The minimum atomic E-state index is -0.712. The molecule has 0 spiro atoms. The summed E-state index contributed by atoms with van der Waals surface area (Å²) in [5, 5.41) is 11.3. The Labute approximate surface area is 201 Å². The van der Waals surface area contributed by atoms with Crippen molar-refractivity contribution in [1.29, 1.82) is 0 Å². The summed E-state index contributed by atoms with van der Waals surface area (Å²) in [6, 6.07) is 16.9. The van der Waals surface area contributed by atoms with Crippen LogP contribution in [0.4, 0.5) is 5.69 Å². The molecule has 1 atom stereocenters. The van der Waals surface area contributed by atoms with Gasteiger partial charge in [0, 0.05) is 13.1 Å². The fraction of sp³-hybridized carbons (Fsp3) is 0.321. The Balaban J connectivity index is 1.22. The molecule has 6 nitrogen and oxygen atoms in total. The van der Waals surface area contributed by atoms with Gasteiger partial charge in [-0.25, -0.2) is 0 Å². The van der Waals surface area contributed by atoms with Crippen molar-refractivity contribution in [1.82, 2.24) is 4.90 Å². The van der Waals surface area contributed by atoms with Crippen LogP contribution in [-0.4, -0.2) is 47.9 Å². The van der Waals surface area contributed by atoms with Crippen LogP contribution in [0.15, 0.2) is 95.5 Å². The molecule has 34 heavy (non-hydrogen) atoms. The zero-order valence-corrected chi connectivity index (χ0v) is 19.5. The van der Waals surface area contributed by atoms with E-state index >= 15 is 0 Å². The number of hydrogen-bond donors (Lipinski definition) is 2. The van der Waals surface area contributed by atoms with Gasteiger partial charge in [0.2, 0.25) is 0 Å². The summed E-state index contributed by atoms with van der Waals surface area (Å²) in [6.07, 6.45) is 13.6. The first-order chi connectivity index (χ1) is 16.6. The zero-order chi connectivity index (χ0) is 23.6. The number of likely N-dealkylation sites (tertiary alicyclic amines) is 1. The fourth-order valence-electron chi connectivity index (χ4n) is 4.31. The third-order valence-corrected chi connectivity index (χ3v) is 6.22. The van der Waals surface area contributed by atoms with Crippen LogP contribution < -0.4 is 15.2 Å². The van der Waals surface area contributed by atoms with Gasteiger partial charge in [0.25, 0.3) is 6.02 Å². The minimum Gasteiger partial charge on any atom is -0.492 e. The molecule has 1 aliphatic heterocycles. The van der Waals surface area contributed by atoms with Crippen molar-refractivity contribution in [3.05, 3.63) is 90.6 Å². The summed E-state index contributed by atoms with van der Waals surface area (Å²) in [4.78, 5) is 6.61. The lowest BCUT2D eigenvalue weighted by molar-refractivity contribution is 0.0599. The average molecular weight is 460 g/mol. The van der Waals surface area contributed by atoms with Gasteiger partial charge >= 0.3 is 0 Å². The van der Waals surface area contributed by atoms with Crippen LogP contribution in [0.1, 0.15) is 25.7 Å². The Morgan fingerprint density at radius 3 is 2.59 bits per heavy atom. The van der Waals surface area contributed by atoms with Crippen molar-refractivity contribution in [3.8, 4) is 11.5 Å². The van der Waals surface area contributed by atoms with Gasteiger partial charge in [-0.15, -0.1) is 0 Å². The van der Waals surface area contributed by atoms with Gasteiger partial charge in [0.05, 0.1) is 11.3 Å². The molecule has 1 aliphatic carbocycles. The molecule has 0 amide bonds. The number of aliphatic imine (C=N–C) groups is 1. The third kappa shape index (κ3) is 6.83. The van der Waals surface area contributed by atoms with Gasteiger partial charge in [-0.05, 0) is 74.2 Å². The molecule has 0 saturated carbocycles. The monoisotopic (exact) mass is 459 g/mol. The molecule has 0 bridgehead atoms. The van der Waals surface area contributed by atoms with E-state index in [1.807, 2.05) is 72.8 Å². The van der Waals surface area contributed by atoms with Crippen molar-refractivity contribution in [3.63, 3.8) is 0 Å². The van der Waals surface area contributed by atoms with E-state index in [0.717, 1.165) is 62.3 Å². The normalized spacial score (nSPS) is 21.4. The maximum absolute atomic E-state index is 11.3. The number of nitrogens with zero attached hydrogens (tertiary/aromatic N) is 2. The molecule has 2 aromatic carbocycles. The highest BCUT2D eigenvalue weighted by Gasteiger charge is 2.33. The number of aliphatic hydroxyl groups is 1. The van der Waals surface area contributed by atoms with Crippen LogP contribution in [0.5, 0.6) is 11.5 Å². The highest BCUT2D eigenvalue weighted by atomic mass is 16.5. The van der Waals surface area contributed by atoms with Crippen LogP contribution in [0, 0.1) is 0 Å². The smallest absolute Gasteiger partial charge is 0.292 e. The average Bonchev–Trinajstić information content (AvgIpc) is 3.23. The molecule has 0 aromatic heterocycles. The van der Waals surface area contributed by atoms with Crippen molar-refractivity contribution in [2.45, 2.75) is 31.3 Å². The molecule has 1 heterocycles. The number of hydrogen-bond acceptors (Lipinski definition) is 5. The molecule has 1 unspecified atom stereocenters. The molecule has 2 aliphatic rings. The second kappa shape index (κ2) is 11.7. The van der Waals surface area contributed by atoms with Crippen LogP contribution in [0.3, 0.4) is 0 Å². The number of nitrogens with two attached hydrogens (primary N) is 1. The maximum atomic E-state index is 11.3. The lowest BCUT2D eigenvalue weighted by atomic mass is 9.84. The Morgan fingerprint density at radius 1 is 0.971 bits per heavy atom. The number of amidine groups is 1. The number of benzene rings is 2. The highest BCUT2D eigenvalue weighted by molar-refractivity contribution is 5.77. The van der Waals surface area contributed by atoms with E-state index in [0.29, 0.717) is 12.4 Å². The van der Waals surface area contributed by atoms with Crippen molar-refractivity contribution in [2.75, 3.05) is 26.2 Å². The van der Waals surface area contributed by atoms with Gasteiger partial charge in [-0.2, -0.15) is 4.99 Å². The highest BCUT2D eigenvalue weighted by Crippen LogP contribution is 2.32. The van der Waals surface area contributed by atoms with Crippen molar-refractivity contribution >= 4 is 11.7 Å². The summed E-state index contributed by atoms with van der Waals surface area (Å²) in [6.45, 7) is 3.24. The SMILES string of the molecule is NC(=Nc1ccccc1)Oc1ccc(OCCN2CCCC(O)(C3=CC=CC=CC3)CC2)cc1. The predicted octanol–water partition coefficient (Wildman–Crippen LogP) is 4.75. The van der Waals surface area contributed by atoms with Gasteiger partial charge in [0.15, 0.2) is 0 Å². The first-order valence-electron chi connectivity index (χ1n) is 11.9. The Hall–Kier alpha value is -3.35. The van der Waals surface area contributed by atoms with Gasteiger partial charge in [-0.1, -0.05) is 48.6 Å². The van der Waals surface area contributed by atoms with Gasteiger partial charge in [-0.3, -0.25) is 4.90 Å². The summed E-state index contributed by atoms with van der Waals surface area (Å²) >= 11 is 0. The molecule has 3 N–H and O–H groups in total. The van der Waals surface area contributed by atoms with E-state index in [1.165, 1.54) is 0 Å². The molecule has 0 radical (unpaired) electrons. The fourth-order valence-corrected chi connectivity index (χ4v) is 4.31. The summed E-state index contributed by atoms with van der Waals surface area (Å²) < 4.78 is 11.5. The van der Waals surface area contributed by atoms with Crippen molar-refractivity contribution < 1.29 is 14.6 Å². The van der Waals surface area contributed by atoms with Gasteiger partial charge < -0.3 is 20.3 Å². The maximum Gasteiger partial charge on any atom is 0.292 e. The molecule has 1 fully saturated rings. The number of allylic oxidation sites excluding steroid dienone is 5. The molecule has 4 rings (SSSR count). The summed E-state index contributed by atoms with van der Waals surface area (Å²) in [7, 11) is 0. The topological polar surface area (TPSA) is 80.3 Å². The van der Waals surface area contributed by atoms with Crippen LogP contribution in [0.2, 0.25) is 0 Å². The molecule has 178 valence electrons. The standard InChI is InChI=1S/C28H33N3O3/c29-27(30-24-11-6-3-7-12-24)34-26-15-13-25(14-16-26)33-22-21-31-19-8-17-28(32,18-20-31)23-9-4-1-2-5-10-23/h1-7,9,11-16,32H,8,10,17-22H2,(H2,29,30). The third-order valence-electron chi connectivity index (χ3n) is 6.22. The first kappa shape index (κ1) is 23.8. The van der Waals surface area contributed by atoms with Crippen molar-refractivity contribution in [2.24, 2.45) is 10.7 Å². The van der Waals surface area contributed by atoms with Crippen LogP contribution in [0.25, 0.3) is 0 Å². The lowest BCUT2D eigenvalue weighted by Crippen LogP contribution is -2.34. The Bertz CT molecular complexity index is 1040. The lowest BCUT2D eigenvalue weighted by Gasteiger charge is -2.29. The van der Waals surface area contributed by atoms with E-state index in [4.69, 9.17) is 15.2 Å². The van der Waals surface area contributed by atoms with E-state index in [9.17, 15) is 5.11 Å². The Kier molecular flexibility index (Phi) is 8.17. The minimum absolute atomic E-state index is 0.0904. The summed E-state index contributed by atoms with van der Waals surface area (Å²) in [5.41, 5.74) is 7.04. The zero-order valence-electron chi connectivity index (χ0n) is 19.5. The molecular formula is C28H33N3O3. The van der Waals surface area contributed by atoms with E-state index in [2.05, 4.69) is 22.0 Å². The number of rotatable bonds is 7. The van der Waals surface area contributed by atoms with E-state index < -0.39 is 5.60 Å². The van der Waals surface area contributed by atoms with Crippen LogP contribution >= 0.6 is 0 Å². The quantitative estimate of drug-likeness (QED) is 0.461. The first-order valence-corrected chi connectivity index (χ1v) is 11.9. The van der Waals surface area contributed by atoms with E-state index in [1.54, 1.807) is 0 Å². The molecular weight excluding hydrogens is 426 g/mol. The van der Waals surface area contributed by atoms with Gasteiger partial charge in [0.1, 0.15) is 18.1 Å². The number of ether oxygens (including phenoxy) is 2. The van der Waals surface area contributed by atoms with Crippen LogP contribution in [-0.2, 0) is 0 Å². The second-order valence-corrected chi connectivity index (χ2v) is 8.64. The molecule has 6 heteroatoms. The Morgan fingerprint density at radius 2 is 1.76 bits per heavy atom.